The maximum absolute atomic E-state index is 12.2. The minimum absolute atomic E-state index is 0.115. The molecule has 2 aliphatic rings. The Bertz CT molecular complexity index is 294. The number of imide groups is 1. The zero-order valence-electron chi connectivity index (χ0n) is 10.1. The van der Waals surface area contributed by atoms with Gasteiger partial charge in [-0.1, -0.05) is 12.8 Å². The van der Waals surface area contributed by atoms with Crippen molar-refractivity contribution in [3.8, 4) is 0 Å². The van der Waals surface area contributed by atoms with Crippen molar-refractivity contribution < 1.29 is 19.4 Å². The second-order valence-electron chi connectivity index (χ2n) is 4.84. The quantitative estimate of drug-likeness (QED) is 0.712. The van der Waals surface area contributed by atoms with Crippen LogP contribution in [0.2, 0.25) is 0 Å². The van der Waals surface area contributed by atoms with Crippen LogP contribution < -0.4 is 0 Å². The molecular weight excluding hydrogens is 222 g/mol. The molecule has 1 N–H and O–H groups in total. The molecule has 1 heterocycles. The summed E-state index contributed by atoms with van der Waals surface area (Å²) in [7, 11) is 1.50. The molecule has 2 rings (SSSR count). The Morgan fingerprint density at radius 1 is 1.29 bits per heavy atom. The van der Waals surface area contributed by atoms with Crippen molar-refractivity contribution in [1.29, 1.82) is 0 Å². The maximum Gasteiger partial charge on any atom is 0.233 e. The molecule has 3 atom stereocenters. The second kappa shape index (κ2) is 5.14. The molecule has 2 fully saturated rings. The van der Waals surface area contributed by atoms with Crippen LogP contribution in [0.5, 0.6) is 0 Å². The lowest BCUT2D eigenvalue weighted by Crippen LogP contribution is -2.45. The van der Waals surface area contributed by atoms with Gasteiger partial charge in [-0.2, -0.15) is 0 Å². The largest absolute Gasteiger partial charge is 0.394 e. The van der Waals surface area contributed by atoms with Crippen molar-refractivity contribution in [2.45, 2.75) is 31.7 Å². The van der Waals surface area contributed by atoms with Crippen LogP contribution in [0, 0.1) is 11.8 Å². The van der Waals surface area contributed by atoms with E-state index in [0.717, 1.165) is 25.7 Å². The number of aliphatic hydroxyl groups excluding tert-OH is 1. The molecule has 17 heavy (non-hydrogen) atoms. The average Bonchev–Trinajstić information content (AvgIpc) is 2.61. The van der Waals surface area contributed by atoms with Gasteiger partial charge in [0.15, 0.2) is 0 Å². The molecule has 1 saturated carbocycles. The smallest absolute Gasteiger partial charge is 0.233 e. The summed E-state index contributed by atoms with van der Waals surface area (Å²) < 4.78 is 4.95. The fraction of sp³-hybridized carbons (Fsp3) is 0.833. The highest BCUT2D eigenvalue weighted by Gasteiger charge is 2.50. The predicted octanol–water partition coefficient (Wildman–Crippen LogP) is 0.169. The third-order valence-electron chi connectivity index (χ3n) is 3.81. The Hall–Kier alpha value is -0.940. The fourth-order valence-corrected chi connectivity index (χ4v) is 2.95. The molecule has 1 aliphatic carbocycles. The first-order valence-corrected chi connectivity index (χ1v) is 6.17. The fourth-order valence-electron chi connectivity index (χ4n) is 2.95. The van der Waals surface area contributed by atoms with Crippen molar-refractivity contribution in [1.82, 2.24) is 4.90 Å². The van der Waals surface area contributed by atoms with Gasteiger partial charge in [-0.05, 0) is 12.8 Å². The molecule has 2 amide bonds. The SMILES string of the molecule is COCC(CO)N1C(=O)C2CCCCC2C1=O. The van der Waals surface area contributed by atoms with Gasteiger partial charge >= 0.3 is 0 Å². The van der Waals surface area contributed by atoms with Crippen LogP contribution in [-0.4, -0.2) is 48.2 Å². The van der Waals surface area contributed by atoms with E-state index >= 15 is 0 Å². The number of likely N-dealkylation sites (tertiary alicyclic amines) is 1. The summed E-state index contributed by atoms with van der Waals surface area (Å²) in [6.45, 7) is -0.0296. The van der Waals surface area contributed by atoms with Crippen LogP contribution in [0.1, 0.15) is 25.7 Å². The first-order chi connectivity index (χ1) is 8.20. The zero-order chi connectivity index (χ0) is 12.4. The highest BCUT2D eigenvalue weighted by molar-refractivity contribution is 6.05. The van der Waals surface area contributed by atoms with E-state index in [4.69, 9.17) is 4.74 Å². The molecule has 3 unspecified atom stereocenters. The van der Waals surface area contributed by atoms with Crippen molar-refractivity contribution in [3.63, 3.8) is 0 Å². The Morgan fingerprint density at radius 3 is 2.24 bits per heavy atom. The van der Waals surface area contributed by atoms with Crippen molar-refractivity contribution >= 4 is 11.8 Å². The normalized spacial score (nSPS) is 30.6. The first kappa shape index (κ1) is 12.5. The number of carbonyl (C=O) groups excluding carboxylic acids is 2. The molecule has 0 spiro atoms. The van der Waals surface area contributed by atoms with E-state index in [9.17, 15) is 14.7 Å². The number of hydrogen-bond donors (Lipinski definition) is 1. The molecule has 5 heteroatoms. The van der Waals surface area contributed by atoms with E-state index in [2.05, 4.69) is 0 Å². The second-order valence-corrected chi connectivity index (χ2v) is 4.84. The van der Waals surface area contributed by atoms with Gasteiger partial charge in [-0.15, -0.1) is 0 Å². The summed E-state index contributed by atoms with van der Waals surface area (Å²) in [5.41, 5.74) is 0. The molecular formula is C12H19NO4. The summed E-state index contributed by atoms with van der Waals surface area (Å²) in [5.74, 6) is -0.532. The summed E-state index contributed by atoms with van der Waals surface area (Å²) in [5, 5.41) is 9.26. The number of ether oxygens (including phenoxy) is 1. The Labute approximate surface area is 101 Å². The van der Waals surface area contributed by atoms with Gasteiger partial charge in [0.2, 0.25) is 11.8 Å². The first-order valence-electron chi connectivity index (χ1n) is 6.17. The van der Waals surface area contributed by atoms with E-state index in [1.807, 2.05) is 0 Å². The van der Waals surface area contributed by atoms with E-state index in [1.165, 1.54) is 12.0 Å². The summed E-state index contributed by atoms with van der Waals surface area (Å²) in [6, 6.07) is -0.523. The highest BCUT2D eigenvalue weighted by Crippen LogP contribution is 2.38. The molecule has 1 aliphatic heterocycles. The third-order valence-corrected chi connectivity index (χ3v) is 3.81. The number of rotatable bonds is 4. The Morgan fingerprint density at radius 2 is 1.82 bits per heavy atom. The molecule has 5 nitrogen and oxygen atoms in total. The minimum Gasteiger partial charge on any atom is -0.394 e. The van der Waals surface area contributed by atoms with Gasteiger partial charge in [0.1, 0.15) is 0 Å². The number of carbonyl (C=O) groups is 2. The number of hydrogen-bond acceptors (Lipinski definition) is 4. The average molecular weight is 241 g/mol. The molecule has 1 saturated heterocycles. The third kappa shape index (κ3) is 2.09. The van der Waals surface area contributed by atoms with E-state index in [-0.39, 0.29) is 36.9 Å². The molecule has 0 radical (unpaired) electrons. The lowest BCUT2D eigenvalue weighted by molar-refractivity contribution is -0.145. The lowest BCUT2D eigenvalue weighted by Gasteiger charge is -2.24. The maximum atomic E-state index is 12.2. The minimum atomic E-state index is -0.523. The van der Waals surface area contributed by atoms with Crippen LogP contribution >= 0.6 is 0 Å². The van der Waals surface area contributed by atoms with E-state index in [1.54, 1.807) is 0 Å². The lowest BCUT2D eigenvalue weighted by atomic mass is 9.81. The number of amides is 2. The number of fused-ring (bicyclic) bond motifs is 1. The van der Waals surface area contributed by atoms with Crippen LogP contribution in [0.3, 0.4) is 0 Å². The van der Waals surface area contributed by atoms with E-state index in [0.29, 0.717) is 0 Å². The zero-order valence-corrected chi connectivity index (χ0v) is 10.1. The van der Waals surface area contributed by atoms with Crippen molar-refractivity contribution in [2.75, 3.05) is 20.3 Å². The van der Waals surface area contributed by atoms with Crippen LogP contribution in [0.15, 0.2) is 0 Å². The number of nitrogens with zero attached hydrogens (tertiary/aromatic N) is 1. The Balaban J connectivity index is 2.17. The van der Waals surface area contributed by atoms with Gasteiger partial charge in [-0.3, -0.25) is 14.5 Å². The predicted molar refractivity (Wildman–Crippen MR) is 60.1 cm³/mol. The van der Waals surface area contributed by atoms with Crippen molar-refractivity contribution in [3.05, 3.63) is 0 Å². The topological polar surface area (TPSA) is 66.8 Å². The van der Waals surface area contributed by atoms with Crippen LogP contribution in [0.25, 0.3) is 0 Å². The standard InChI is InChI=1S/C12H19NO4/c1-17-7-8(6-14)13-11(15)9-4-2-3-5-10(9)12(13)16/h8-10,14H,2-7H2,1H3. The molecule has 96 valence electrons. The van der Waals surface area contributed by atoms with Crippen molar-refractivity contribution in [2.24, 2.45) is 11.8 Å². The van der Waals surface area contributed by atoms with Crippen LogP contribution in [-0.2, 0) is 14.3 Å². The molecule has 0 aromatic heterocycles. The summed E-state index contributed by atoms with van der Waals surface area (Å²) >= 11 is 0. The number of methoxy groups -OCH3 is 1. The van der Waals surface area contributed by atoms with Crippen LogP contribution in [0.4, 0.5) is 0 Å². The van der Waals surface area contributed by atoms with Gasteiger partial charge in [0, 0.05) is 7.11 Å². The van der Waals surface area contributed by atoms with Gasteiger partial charge in [0.25, 0.3) is 0 Å². The summed E-state index contributed by atoms with van der Waals surface area (Å²) in [6.07, 6.45) is 3.64. The monoisotopic (exact) mass is 241 g/mol. The summed E-state index contributed by atoms with van der Waals surface area (Å²) in [4.78, 5) is 25.6. The van der Waals surface area contributed by atoms with Gasteiger partial charge in [-0.25, -0.2) is 0 Å². The Kier molecular flexibility index (Phi) is 3.79. The number of aliphatic hydroxyl groups is 1. The molecule has 0 aromatic carbocycles. The van der Waals surface area contributed by atoms with Gasteiger partial charge < -0.3 is 9.84 Å². The molecule has 0 bridgehead atoms. The van der Waals surface area contributed by atoms with E-state index < -0.39 is 6.04 Å². The van der Waals surface area contributed by atoms with Gasteiger partial charge in [0.05, 0.1) is 31.1 Å². The highest BCUT2D eigenvalue weighted by atomic mass is 16.5. The molecule has 0 aromatic rings.